The number of aromatic nitrogens is 5. The van der Waals surface area contributed by atoms with Gasteiger partial charge in [-0.15, -0.1) is 11.3 Å². The van der Waals surface area contributed by atoms with E-state index >= 15 is 0 Å². The number of hydrogen-bond donors (Lipinski definition) is 0. The van der Waals surface area contributed by atoms with Gasteiger partial charge in [-0.05, 0) is 65.7 Å². The molecule has 0 saturated heterocycles. The fraction of sp³-hybridized carbons (Fsp3) is 0. The van der Waals surface area contributed by atoms with Crippen LogP contribution in [0.25, 0.3) is 120 Å². The number of thiophene rings is 1. The van der Waals surface area contributed by atoms with Crippen LogP contribution < -0.4 is 0 Å². The van der Waals surface area contributed by atoms with Gasteiger partial charge in [0.25, 0.3) is 0 Å². The largest absolute Gasteiger partial charge is 0.309 e. The van der Waals surface area contributed by atoms with E-state index in [1.165, 1.54) is 22.2 Å². The third-order valence-corrected chi connectivity index (χ3v) is 13.1. The summed E-state index contributed by atoms with van der Waals surface area (Å²) in [5.41, 5.74) is 7.73. The predicted octanol–water partition coefficient (Wildman–Crippen LogP) is 15.1. The Morgan fingerprint density at radius 3 is 1.65 bits per heavy atom. The summed E-state index contributed by atoms with van der Waals surface area (Å²) in [5, 5.41) is 4.20. The van der Waals surface area contributed by atoms with Crippen LogP contribution in [0.2, 0.25) is 0 Å². The van der Waals surface area contributed by atoms with Crippen LogP contribution in [0.3, 0.4) is 0 Å². The van der Waals surface area contributed by atoms with Gasteiger partial charge in [0, 0.05) is 64.1 Å². The summed E-state index contributed by atoms with van der Waals surface area (Å²) in [7, 11) is 0. The molecule has 0 aliphatic rings. The highest BCUT2D eigenvalue weighted by Gasteiger charge is 2.24. The molecule has 0 spiro atoms. The minimum atomic E-state index is -0.117. The molecule has 0 aliphatic carbocycles. The molecule has 6 heteroatoms. The molecule has 4 aromatic heterocycles. The fourth-order valence-corrected chi connectivity index (χ4v) is 10.4. The molecule has 0 N–H and O–H groups in total. The van der Waals surface area contributed by atoms with Gasteiger partial charge >= 0.3 is 0 Å². The van der Waals surface area contributed by atoms with Gasteiger partial charge in [0.1, 0.15) is 0 Å². The Bertz CT molecular complexity index is 4210. The Morgan fingerprint density at radius 1 is 0.397 bits per heavy atom. The lowest BCUT2D eigenvalue weighted by Gasteiger charge is -2.16. The Kier molecular flexibility index (Phi) is 6.75. The molecular weight excluding hydrogens is 787 g/mol. The third-order valence-electron chi connectivity index (χ3n) is 11.9. The number of para-hydroxylation sites is 3. The summed E-state index contributed by atoms with van der Waals surface area (Å²) in [5.74, 6) is 1.35. The molecule has 13 aromatic rings. The number of nitrogens with zero attached hydrogens (tertiary/aromatic N) is 5. The van der Waals surface area contributed by atoms with Crippen molar-refractivity contribution in [3.05, 3.63) is 212 Å². The van der Waals surface area contributed by atoms with Crippen LogP contribution in [0, 0.1) is 0 Å². The maximum atomic E-state index is 9.67. The Labute approximate surface area is 374 Å². The number of hydrogen-bond acceptors (Lipinski definition) is 4. The molecule has 0 bridgehead atoms. The molecule has 5 nitrogen and oxygen atoms in total. The second-order valence-corrected chi connectivity index (χ2v) is 16.5. The van der Waals surface area contributed by atoms with Gasteiger partial charge < -0.3 is 9.13 Å². The highest BCUT2D eigenvalue weighted by molar-refractivity contribution is 7.26. The second kappa shape index (κ2) is 14.2. The van der Waals surface area contributed by atoms with Crippen molar-refractivity contribution in [2.75, 3.05) is 0 Å². The maximum Gasteiger partial charge on any atom is 0.166 e. The van der Waals surface area contributed by atoms with E-state index < -0.39 is 0 Å². The summed E-state index contributed by atoms with van der Waals surface area (Å²) in [4.78, 5) is 15.5. The van der Waals surface area contributed by atoms with Crippen molar-refractivity contribution in [1.82, 2.24) is 24.1 Å². The molecule has 0 fully saturated rings. The van der Waals surface area contributed by atoms with Crippen molar-refractivity contribution >= 4 is 75.1 Å². The average molecular weight is 828 g/mol. The Morgan fingerprint density at radius 2 is 0.968 bits per heavy atom. The summed E-state index contributed by atoms with van der Waals surface area (Å²) in [6.07, 6.45) is 0. The van der Waals surface area contributed by atoms with Gasteiger partial charge in [-0.1, -0.05) is 158 Å². The molecule has 13 rings (SSSR count). The summed E-state index contributed by atoms with van der Waals surface area (Å²) >= 11 is 1.75. The monoisotopic (exact) mass is 827 g/mol. The smallest absolute Gasteiger partial charge is 0.166 e. The van der Waals surface area contributed by atoms with Gasteiger partial charge in [-0.2, -0.15) is 0 Å². The highest BCUT2D eigenvalue weighted by Crippen LogP contribution is 2.45. The molecule has 0 aliphatic heterocycles. The third kappa shape index (κ3) is 5.59. The average Bonchev–Trinajstić information content (AvgIpc) is 4.07. The first-order valence-corrected chi connectivity index (χ1v) is 21.5. The number of fused-ring (bicyclic) bond motifs is 10. The van der Waals surface area contributed by atoms with Crippen LogP contribution in [0.1, 0.15) is 8.22 Å². The van der Waals surface area contributed by atoms with E-state index in [9.17, 15) is 5.48 Å². The normalized spacial score (nSPS) is 13.1. The summed E-state index contributed by atoms with van der Waals surface area (Å²) in [6.45, 7) is 0. The lowest BCUT2D eigenvalue weighted by atomic mass is 9.99. The van der Waals surface area contributed by atoms with Crippen LogP contribution in [-0.2, 0) is 0 Å². The second-order valence-electron chi connectivity index (χ2n) is 15.5. The van der Waals surface area contributed by atoms with E-state index in [1.54, 1.807) is 11.3 Å². The van der Waals surface area contributed by atoms with E-state index in [2.05, 4.69) is 54.6 Å². The van der Waals surface area contributed by atoms with Crippen molar-refractivity contribution in [2.45, 2.75) is 0 Å². The van der Waals surface area contributed by atoms with Crippen LogP contribution in [-0.4, -0.2) is 24.1 Å². The first-order chi connectivity index (χ1) is 33.7. The molecule has 294 valence electrons. The van der Waals surface area contributed by atoms with Crippen molar-refractivity contribution in [2.24, 2.45) is 0 Å². The zero-order valence-electron chi connectivity index (χ0n) is 39.4. The minimum Gasteiger partial charge on any atom is -0.309 e. The van der Waals surface area contributed by atoms with Gasteiger partial charge in [0.2, 0.25) is 0 Å². The van der Waals surface area contributed by atoms with E-state index in [-0.39, 0.29) is 36.3 Å². The molecule has 63 heavy (non-hydrogen) atoms. The van der Waals surface area contributed by atoms with Crippen molar-refractivity contribution in [1.29, 1.82) is 0 Å². The molecule has 0 amide bonds. The molecule has 0 unspecified atom stereocenters. The number of benzene rings is 9. The lowest BCUT2D eigenvalue weighted by Crippen LogP contribution is -2.04. The molecule has 0 atom stereocenters. The maximum absolute atomic E-state index is 9.67. The topological polar surface area (TPSA) is 48.5 Å². The van der Waals surface area contributed by atoms with Gasteiger partial charge in [-0.25, -0.2) is 15.0 Å². The van der Waals surface area contributed by atoms with Crippen molar-refractivity contribution < 1.29 is 8.22 Å². The van der Waals surface area contributed by atoms with E-state index in [1.807, 2.05) is 118 Å². The predicted molar refractivity (Wildman–Crippen MR) is 263 cm³/mol. The van der Waals surface area contributed by atoms with Crippen molar-refractivity contribution in [3.63, 3.8) is 0 Å². The molecule has 0 radical (unpaired) electrons. The van der Waals surface area contributed by atoms with Gasteiger partial charge in [0.15, 0.2) is 17.5 Å². The van der Waals surface area contributed by atoms with Gasteiger partial charge in [0.05, 0.1) is 36.0 Å². The lowest BCUT2D eigenvalue weighted by molar-refractivity contribution is 1.06. The summed E-state index contributed by atoms with van der Waals surface area (Å²) < 4.78 is 62.1. The molecule has 0 saturated carbocycles. The van der Waals surface area contributed by atoms with Crippen LogP contribution in [0.5, 0.6) is 0 Å². The Hall–Kier alpha value is -8.19. The van der Waals surface area contributed by atoms with Gasteiger partial charge in [-0.3, -0.25) is 0 Å². The van der Waals surface area contributed by atoms with Crippen LogP contribution >= 0.6 is 11.3 Å². The fourth-order valence-electron chi connectivity index (χ4n) is 9.18. The van der Waals surface area contributed by atoms with Crippen molar-refractivity contribution in [3.8, 4) is 56.7 Å². The van der Waals surface area contributed by atoms with Crippen LogP contribution in [0.4, 0.5) is 0 Å². The van der Waals surface area contributed by atoms with Crippen LogP contribution in [0.15, 0.2) is 212 Å². The standard InChI is InChI=1S/C57H35N5S/c1-4-17-36(18-5-1)55-58-56(37-19-6-2-7-20-37)60-57(59-55)45-35-38(40-26-16-27-42-41-23-12-15-30-51(41)63-54(40)42)31-32-48(45)62-47-29-14-11-25-44(47)53-50(62)34-33-49-52(53)43-24-10-13-28-46(43)61(49)39-21-8-3-9-22-39/h1-35H/i10D,11D,24D,25D,28D,29D. The molecule has 9 aromatic carbocycles. The first kappa shape index (κ1) is 29.9. The molecular formula is C57H35N5S. The SMILES string of the molecule is [2H]c1cc([2H])c2c(c1[2H])c1c3c4c([2H])c([2H])cc([2H])c4n(-c4ccc(-c5cccc6c5sc5ccccc56)cc4-c4nc(-c5ccccc5)nc(-c5ccccc5)n4)c3ccc1n2-c1ccccc1. The quantitative estimate of drug-likeness (QED) is 0.168. The van der Waals surface area contributed by atoms with E-state index in [0.29, 0.717) is 72.3 Å². The Balaban J connectivity index is 1.19. The summed E-state index contributed by atoms with van der Waals surface area (Å²) in [6, 6.07) is 56.8. The molecule has 4 heterocycles. The van der Waals surface area contributed by atoms with E-state index in [0.717, 1.165) is 38.0 Å². The highest BCUT2D eigenvalue weighted by atomic mass is 32.1. The zero-order valence-corrected chi connectivity index (χ0v) is 34.2. The minimum absolute atomic E-state index is 0.0336. The van der Waals surface area contributed by atoms with E-state index in [4.69, 9.17) is 17.7 Å². The zero-order chi connectivity index (χ0) is 46.7. The number of rotatable bonds is 6. The first-order valence-electron chi connectivity index (χ1n) is 23.7.